The van der Waals surface area contributed by atoms with Gasteiger partial charge in [-0.2, -0.15) is 0 Å². The lowest BCUT2D eigenvalue weighted by atomic mass is 9.79. The van der Waals surface area contributed by atoms with Gasteiger partial charge in [0.25, 0.3) is 0 Å². The number of hydrogen-bond donors (Lipinski definition) is 0. The van der Waals surface area contributed by atoms with Crippen LogP contribution in [-0.4, -0.2) is 48.7 Å². The average Bonchev–Trinajstić information content (AvgIpc) is 3.07. The largest absolute Gasteiger partial charge is 0.489 e. The lowest BCUT2D eigenvalue weighted by molar-refractivity contribution is -0.138. The van der Waals surface area contributed by atoms with Gasteiger partial charge in [-0.25, -0.2) is 4.98 Å². The van der Waals surface area contributed by atoms with Crippen LogP contribution in [-0.2, 0) is 9.53 Å². The standard InChI is InChI=1S/C20H24N2O3/c1-15-5-6-16-3-2-4-17(19(16)21-15)25-12-10-22-13-20(8-7-18(22)23)9-11-24-14-20/h2-6H,7-14H2,1H3/t20-/m0/s1. The number of benzene rings is 1. The van der Waals surface area contributed by atoms with E-state index in [0.29, 0.717) is 19.6 Å². The number of hydrogen-bond acceptors (Lipinski definition) is 4. The summed E-state index contributed by atoms with van der Waals surface area (Å²) in [5, 5.41) is 1.07. The van der Waals surface area contributed by atoms with Crippen molar-refractivity contribution in [2.45, 2.75) is 26.2 Å². The highest BCUT2D eigenvalue weighted by atomic mass is 16.5. The van der Waals surface area contributed by atoms with Gasteiger partial charge in [0.2, 0.25) is 5.91 Å². The minimum Gasteiger partial charge on any atom is -0.489 e. The second-order valence-electron chi connectivity index (χ2n) is 7.25. The molecule has 1 aromatic heterocycles. The fourth-order valence-corrected chi connectivity index (χ4v) is 3.88. The molecule has 5 nitrogen and oxygen atoms in total. The number of rotatable bonds is 4. The van der Waals surface area contributed by atoms with Gasteiger partial charge in [-0.05, 0) is 31.9 Å². The fourth-order valence-electron chi connectivity index (χ4n) is 3.88. The number of ether oxygens (including phenoxy) is 2. The summed E-state index contributed by atoms with van der Waals surface area (Å²) in [6, 6.07) is 10.0. The maximum Gasteiger partial charge on any atom is 0.222 e. The highest BCUT2D eigenvalue weighted by Crippen LogP contribution is 2.38. The first-order chi connectivity index (χ1) is 12.2. The molecule has 0 saturated carbocycles. The predicted octanol–water partition coefficient (Wildman–Crippen LogP) is 2.95. The topological polar surface area (TPSA) is 51.7 Å². The molecule has 1 aromatic carbocycles. The van der Waals surface area contributed by atoms with Crippen molar-refractivity contribution in [1.29, 1.82) is 0 Å². The second-order valence-corrected chi connectivity index (χ2v) is 7.25. The van der Waals surface area contributed by atoms with E-state index >= 15 is 0 Å². The van der Waals surface area contributed by atoms with Crippen molar-refractivity contribution in [3.8, 4) is 5.75 Å². The Balaban J connectivity index is 1.42. The van der Waals surface area contributed by atoms with Crippen LogP contribution in [0.15, 0.2) is 30.3 Å². The molecule has 2 aromatic rings. The van der Waals surface area contributed by atoms with Crippen molar-refractivity contribution in [2.24, 2.45) is 5.41 Å². The third-order valence-corrected chi connectivity index (χ3v) is 5.37. The lowest BCUT2D eigenvalue weighted by Gasteiger charge is -2.39. The summed E-state index contributed by atoms with van der Waals surface area (Å²) >= 11 is 0. The van der Waals surface area contributed by atoms with E-state index in [1.165, 1.54) is 0 Å². The number of aryl methyl sites for hydroxylation is 1. The molecule has 2 fully saturated rings. The summed E-state index contributed by atoms with van der Waals surface area (Å²) in [5.41, 5.74) is 2.03. The normalized spacial score (nSPS) is 23.6. The number of nitrogens with zero attached hydrogens (tertiary/aromatic N) is 2. The molecule has 0 unspecified atom stereocenters. The summed E-state index contributed by atoms with van der Waals surface area (Å²) in [4.78, 5) is 18.8. The van der Waals surface area contributed by atoms with Gasteiger partial charge in [-0.3, -0.25) is 4.79 Å². The van der Waals surface area contributed by atoms with Gasteiger partial charge >= 0.3 is 0 Å². The number of likely N-dealkylation sites (tertiary alicyclic amines) is 1. The smallest absolute Gasteiger partial charge is 0.222 e. The Bertz CT molecular complexity index is 784. The Morgan fingerprint density at radius 3 is 3.04 bits per heavy atom. The van der Waals surface area contributed by atoms with Crippen LogP contribution in [0.3, 0.4) is 0 Å². The summed E-state index contributed by atoms with van der Waals surface area (Å²) in [5.74, 6) is 1.01. The molecule has 0 radical (unpaired) electrons. The Labute approximate surface area is 147 Å². The summed E-state index contributed by atoms with van der Waals surface area (Å²) in [7, 11) is 0. The number of carbonyl (C=O) groups excluding carboxylic acids is 1. The van der Waals surface area contributed by atoms with Crippen molar-refractivity contribution in [3.63, 3.8) is 0 Å². The maximum atomic E-state index is 12.3. The Morgan fingerprint density at radius 2 is 2.20 bits per heavy atom. The zero-order valence-electron chi connectivity index (χ0n) is 14.7. The minimum absolute atomic E-state index is 0.173. The number of pyridine rings is 1. The van der Waals surface area contributed by atoms with Crippen molar-refractivity contribution in [3.05, 3.63) is 36.0 Å². The SMILES string of the molecule is Cc1ccc2cccc(OCCN3C[C@@]4(CCOC4)CCC3=O)c2n1. The van der Waals surface area contributed by atoms with Crippen LogP contribution in [0.4, 0.5) is 0 Å². The number of aromatic nitrogens is 1. The van der Waals surface area contributed by atoms with E-state index in [-0.39, 0.29) is 11.3 Å². The lowest BCUT2D eigenvalue weighted by Crippen LogP contribution is -2.48. The number of amides is 1. The van der Waals surface area contributed by atoms with Crippen LogP contribution in [0, 0.1) is 12.3 Å². The summed E-state index contributed by atoms with van der Waals surface area (Å²) < 4.78 is 11.6. The Kier molecular flexibility index (Phi) is 4.34. The predicted molar refractivity (Wildman–Crippen MR) is 95.7 cm³/mol. The molecule has 1 amide bonds. The second kappa shape index (κ2) is 6.64. The highest BCUT2D eigenvalue weighted by molar-refractivity contribution is 5.84. The monoisotopic (exact) mass is 340 g/mol. The maximum absolute atomic E-state index is 12.3. The average molecular weight is 340 g/mol. The van der Waals surface area contributed by atoms with Crippen molar-refractivity contribution < 1.29 is 14.3 Å². The molecule has 0 N–H and O–H groups in total. The van der Waals surface area contributed by atoms with Crippen LogP contribution in [0.25, 0.3) is 10.9 Å². The first-order valence-electron chi connectivity index (χ1n) is 9.00. The van der Waals surface area contributed by atoms with Gasteiger partial charge in [-0.1, -0.05) is 18.2 Å². The van der Waals surface area contributed by atoms with Crippen LogP contribution in [0.1, 0.15) is 25.0 Å². The number of fused-ring (bicyclic) bond motifs is 1. The summed E-state index contributed by atoms with van der Waals surface area (Å²) in [6.07, 6.45) is 2.64. The van der Waals surface area contributed by atoms with Crippen molar-refractivity contribution in [1.82, 2.24) is 9.88 Å². The quantitative estimate of drug-likeness (QED) is 0.859. The molecule has 1 atom stereocenters. The third kappa shape index (κ3) is 3.33. The minimum atomic E-state index is 0.173. The van der Waals surface area contributed by atoms with Gasteiger partial charge in [0.05, 0.1) is 13.2 Å². The summed E-state index contributed by atoms with van der Waals surface area (Å²) in [6.45, 7) is 5.47. The van der Waals surface area contributed by atoms with E-state index in [2.05, 4.69) is 11.1 Å². The van der Waals surface area contributed by atoms with Gasteiger partial charge < -0.3 is 14.4 Å². The van der Waals surface area contributed by atoms with Crippen LogP contribution in [0.2, 0.25) is 0 Å². The molecule has 1 spiro atoms. The molecule has 0 bridgehead atoms. The molecule has 3 heterocycles. The molecule has 0 aliphatic carbocycles. The van der Waals surface area contributed by atoms with Crippen LogP contribution >= 0.6 is 0 Å². The van der Waals surface area contributed by atoms with Gasteiger partial charge in [0.1, 0.15) is 17.9 Å². The van der Waals surface area contributed by atoms with E-state index < -0.39 is 0 Å². The Hall–Kier alpha value is -2.14. The van der Waals surface area contributed by atoms with E-state index in [4.69, 9.17) is 9.47 Å². The first kappa shape index (κ1) is 16.3. The number of para-hydroxylation sites is 1. The Morgan fingerprint density at radius 1 is 1.28 bits per heavy atom. The van der Waals surface area contributed by atoms with Crippen LogP contribution in [0.5, 0.6) is 5.75 Å². The first-order valence-corrected chi connectivity index (χ1v) is 9.00. The zero-order chi connectivity index (χ0) is 17.3. The van der Waals surface area contributed by atoms with Gasteiger partial charge in [0, 0.05) is 36.1 Å². The molecular formula is C20H24N2O3. The molecule has 25 heavy (non-hydrogen) atoms. The van der Waals surface area contributed by atoms with E-state index in [9.17, 15) is 4.79 Å². The number of piperidine rings is 1. The molecule has 132 valence electrons. The van der Waals surface area contributed by atoms with Crippen LogP contribution < -0.4 is 4.74 Å². The zero-order valence-corrected chi connectivity index (χ0v) is 14.7. The van der Waals surface area contributed by atoms with Gasteiger partial charge in [0.15, 0.2) is 0 Å². The molecule has 4 rings (SSSR count). The molecule has 2 aliphatic rings. The van der Waals surface area contributed by atoms with E-state index in [1.54, 1.807) is 0 Å². The molecular weight excluding hydrogens is 316 g/mol. The third-order valence-electron chi connectivity index (χ3n) is 5.37. The van der Waals surface area contributed by atoms with E-state index in [1.807, 2.05) is 36.1 Å². The molecule has 2 saturated heterocycles. The molecule has 2 aliphatic heterocycles. The van der Waals surface area contributed by atoms with Crippen molar-refractivity contribution in [2.75, 3.05) is 32.9 Å². The molecule has 5 heteroatoms. The van der Waals surface area contributed by atoms with Crippen molar-refractivity contribution >= 4 is 16.8 Å². The number of carbonyl (C=O) groups is 1. The fraction of sp³-hybridized carbons (Fsp3) is 0.500. The van der Waals surface area contributed by atoms with Gasteiger partial charge in [-0.15, -0.1) is 0 Å². The van der Waals surface area contributed by atoms with E-state index in [0.717, 1.165) is 54.9 Å². The highest BCUT2D eigenvalue weighted by Gasteiger charge is 2.41.